The fourth-order valence-electron chi connectivity index (χ4n) is 3.46. The van der Waals surface area contributed by atoms with Gasteiger partial charge in [-0.15, -0.1) is 0 Å². The summed E-state index contributed by atoms with van der Waals surface area (Å²) >= 11 is 6.08. The third kappa shape index (κ3) is 4.29. The summed E-state index contributed by atoms with van der Waals surface area (Å²) in [7, 11) is 0. The summed E-state index contributed by atoms with van der Waals surface area (Å²) in [5.74, 6) is -0.203. The Morgan fingerprint density at radius 3 is 2.46 bits per heavy atom. The summed E-state index contributed by atoms with van der Waals surface area (Å²) in [6.45, 7) is 4.36. The molecule has 1 saturated heterocycles. The zero-order valence-corrected chi connectivity index (χ0v) is 16.0. The Morgan fingerprint density at radius 2 is 1.75 bits per heavy atom. The largest absolute Gasteiger partial charge is 0.519 e. The van der Waals surface area contributed by atoms with E-state index in [0.717, 1.165) is 43.4 Å². The van der Waals surface area contributed by atoms with Crippen LogP contribution in [0.5, 0.6) is 0 Å². The van der Waals surface area contributed by atoms with Crippen LogP contribution in [0.25, 0.3) is 11.3 Å². The number of piperazine rings is 1. The predicted molar refractivity (Wildman–Crippen MR) is 106 cm³/mol. The first kappa shape index (κ1) is 18.8. The molecule has 1 aliphatic heterocycles. The highest BCUT2D eigenvalue weighted by molar-refractivity contribution is 6.30. The van der Waals surface area contributed by atoms with Crippen molar-refractivity contribution in [1.29, 1.82) is 0 Å². The van der Waals surface area contributed by atoms with Crippen LogP contribution in [0.2, 0.25) is 5.02 Å². The monoisotopic (exact) mass is 402 g/mol. The number of benzene rings is 2. The molecule has 0 atom stereocenters. The van der Waals surface area contributed by atoms with E-state index < -0.39 is 5.82 Å². The van der Waals surface area contributed by atoms with Crippen molar-refractivity contribution in [1.82, 2.24) is 4.90 Å². The highest BCUT2D eigenvalue weighted by atomic mass is 35.5. The van der Waals surface area contributed by atoms with Gasteiger partial charge in [-0.25, -0.2) is 9.18 Å². The molecule has 2 heterocycles. The van der Waals surface area contributed by atoms with Gasteiger partial charge in [-0.1, -0.05) is 17.7 Å². The third-order valence-corrected chi connectivity index (χ3v) is 5.19. The van der Waals surface area contributed by atoms with Crippen molar-refractivity contribution in [3.05, 3.63) is 75.7 Å². The Hall–Kier alpha value is -2.57. The van der Waals surface area contributed by atoms with Gasteiger partial charge >= 0.3 is 5.82 Å². The first-order chi connectivity index (χ1) is 13.6. The Bertz CT molecular complexity index is 991. The lowest BCUT2D eigenvalue weighted by Gasteiger charge is -2.36. The maximum atomic E-state index is 13.1. The Kier molecular flexibility index (Phi) is 5.50. The fraction of sp³-hybridized carbons (Fsp3) is 0.286. The lowest BCUT2D eigenvalue weighted by molar-refractivity contribution is 0.254. The molecule has 0 saturated carbocycles. The standard InChI is InChI=1S/C21H20ClFN2O3/c22-16-2-1-3-18(14-16)25-12-10-24(11-13-25)9-8-19-20(28-21(26)27-19)15-4-6-17(23)7-5-15/h1-7,14H,8-13H2. The third-order valence-electron chi connectivity index (χ3n) is 4.95. The van der Waals surface area contributed by atoms with Crippen molar-refractivity contribution >= 4 is 17.3 Å². The molecule has 0 unspecified atom stereocenters. The molecule has 0 bridgehead atoms. The van der Waals surface area contributed by atoms with Crippen molar-refractivity contribution in [3.63, 3.8) is 0 Å². The van der Waals surface area contributed by atoms with Gasteiger partial charge in [-0.3, -0.25) is 4.90 Å². The van der Waals surface area contributed by atoms with Crippen molar-refractivity contribution < 1.29 is 13.2 Å². The second-order valence-electron chi connectivity index (χ2n) is 6.77. The number of anilines is 1. The highest BCUT2D eigenvalue weighted by Crippen LogP contribution is 2.24. The van der Waals surface area contributed by atoms with E-state index in [0.29, 0.717) is 23.5 Å². The number of rotatable bonds is 5. The molecular weight excluding hydrogens is 383 g/mol. The summed E-state index contributed by atoms with van der Waals surface area (Å²) in [5, 5.41) is 0.739. The van der Waals surface area contributed by atoms with Gasteiger partial charge in [0.15, 0.2) is 11.5 Å². The summed E-state index contributed by atoms with van der Waals surface area (Å²) in [4.78, 5) is 16.2. The zero-order chi connectivity index (χ0) is 19.5. The van der Waals surface area contributed by atoms with Crippen LogP contribution in [0.1, 0.15) is 5.76 Å². The molecule has 5 nitrogen and oxygen atoms in total. The molecule has 2 aromatic carbocycles. The van der Waals surface area contributed by atoms with Gasteiger partial charge in [0.2, 0.25) is 0 Å². The summed E-state index contributed by atoms with van der Waals surface area (Å²) < 4.78 is 23.6. The van der Waals surface area contributed by atoms with Gasteiger partial charge in [0.05, 0.1) is 0 Å². The first-order valence-corrected chi connectivity index (χ1v) is 9.58. The molecule has 1 aromatic heterocycles. The van der Waals surface area contributed by atoms with Gasteiger partial charge in [-0.2, -0.15) is 0 Å². The number of halogens is 2. The second-order valence-corrected chi connectivity index (χ2v) is 7.21. The first-order valence-electron chi connectivity index (χ1n) is 9.20. The fourth-order valence-corrected chi connectivity index (χ4v) is 3.64. The van der Waals surface area contributed by atoms with Crippen LogP contribution < -0.4 is 10.7 Å². The molecule has 1 fully saturated rings. The minimum absolute atomic E-state index is 0.339. The van der Waals surface area contributed by atoms with Gasteiger partial charge in [0, 0.05) is 55.4 Å². The normalized spacial score (nSPS) is 15.1. The average Bonchev–Trinajstić information content (AvgIpc) is 3.08. The molecule has 0 aliphatic carbocycles. The number of hydrogen-bond acceptors (Lipinski definition) is 5. The molecule has 0 spiro atoms. The van der Waals surface area contributed by atoms with Crippen LogP contribution in [-0.4, -0.2) is 37.6 Å². The van der Waals surface area contributed by atoms with Gasteiger partial charge in [0.25, 0.3) is 0 Å². The lowest BCUT2D eigenvalue weighted by atomic mass is 10.1. The van der Waals surface area contributed by atoms with E-state index in [4.69, 9.17) is 20.4 Å². The summed E-state index contributed by atoms with van der Waals surface area (Å²) in [6, 6.07) is 13.7. The topological polar surface area (TPSA) is 49.8 Å². The predicted octanol–water partition coefficient (Wildman–Crippen LogP) is 4.06. The average molecular weight is 403 g/mol. The van der Waals surface area contributed by atoms with E-state index in [-0.39, 0.29) is 5.82 Å². The van der Waals surface area contributed by atoms with E-state index in [2.05, 4.69) is 15.9 Å². The van der Waals surface area contributed by atoms with E-state index in [1.54, 1.807) is 12.1 Å². The Balaban J connectivity index is 1.37. The second kappa shape index (κ2) is 8.20. The lowest BCUT2D eigenvalue weighted by Crippen LogP contribution is -2.47. The molecule has 1 aliphatic rings. The molecule has 0 amide bonds. The van der Waals surface area contributed by atoms with Gasteiger partial charge in [-0.05, 0) is 42.5 Å². The van der Waals surface area contributed by atoms with E-state index in [1.165, 1.54) is 12.1 Å². The van der Waals surface area contributed by atoms with Crippen LogP contribution in [-0.2, 0) is 6.42 Å². The maximum Gasteiger partial charge on any atom is 0.519 e. The molecule has 28 heavy (non-hydrogen) atoms. The SMILES string of the molecule is O=c1oc(CCN2CCN(c3cccc(Cl)c3)CC2)c(-c2ccc(F)cc2)o1. The van der Waals surface area contributed by atoms with Gasteiger partial charge < -0.3 is 13.7 Å². The minimum Gasteiger partial charge on any atom is -0.395 e. The molecule has 7 heteroatoms. The van der Waals surface area contributed by atoms with Crippen LogP contribution >= 0.6 is 11.6 Å². The highest BCUT2D eigenvalue weighted by Gasteiger charge is 2.20. The molecule has 4 rings (SSSR count). The molecule has 3 aromatic rings. The summed E-state index contributed by atoms with van der Waals surface area (Å²) in [5.41, 5.74) is 1.76. The quantitative estimate of drug-likeness (QED) is 0.644. The number of hydrogen-bond donors (Lipinski definition) is 0. The zero-order valence-electron chi connectivity index (χ0n) is 15.2. The molecule has 146 valence electrons. The smallest absolute Gasteiger partial charge is 0.395 e. The van der Waals surface area contributed by atoms with Crippen LogP contribution in [0.4, 0.5) is 10.1 Å². The van der Waals surface area contributed by atoms with Crippen LogP contribution in [0.3, 0.4) is 0 Å². The van der Waals surface area contributed by atoms with Crippen LogP contribution in [0, 0.1) is 5.82 Å². The van der Waals surface area contributed by atoms with E-state index in [1.807, 2.05) is 18.2 Å². The van der Waals surface area contributed by atoms with E-state index >= 15 is 0 Å². The summed E-state index contributed by atoms with van der Waals surface area (Å²) in [6.07, 6.45) is 0.551. The van der Waals surface area contributed by atoms with Crippen molar-refractivity contribution in [2.45, 2.75) is 6.42 Å². The Morgan fingerprint density at radius 1 is 1.00 bits per heavy atom. The molecular formula is C21H20ClFN2O3. The van der Waals surface area contributed by atoms with Crippen molar-refractivity contribution in [2.75, 3.05) is 37.6 Å². The van der Waals surface area contributed by atoms with Crippen molar-refractivity contribution in [2.24, 2.45) is 0 Å². The Labute approximate surface area is 166 Å². The molecule has 0 N–H and O–H groups in total. The molecule has 0 radical (unpaired) electrons. The van der Waals surface area contributed by atoms with Crippen LogP contribution in [0.15, 0.2) is 62.2 Å². The number of nitrogens with zero attached hydrogens (tertiary/aromatic N) is 2. The van der Waals surface area contributed by atoms with E-state index in [9.17, 15) is 9.18 Å². The maximum absolute atomic E-state index is 13.1. The van der Waals surface area contributed by atoms with Crippen molar-refractivity contribution in [3.8, 4) is 11.3 Å². The minimum atomic E-state index is -0.736. The van der Waals surface area contributed by atoms with Gasteiger partial charge in [0.1, 0.15) is 5.82 Å².